The van der Waals surface area contributed by atoms with E-state index in [4.69, 9.17) is 11.6 Å². The number of nitrogens with zero attached hydrogens (tertiary/aromatic N) is 1. The molecule has 0 bridgehead atoms. The molecule has 2 rings (SSSR count). The molecular weight excluding hydrogens is 276 g/mol. The highest BCUT2D eigenvalue weighted by atomic mass is 35.5. The Balaban J connectivity index is 2.05. The van der Waals surface area contributed by atoms with Gasteiger partial charge in [0.2, 0.25) is 0 Å². The Labute approximate surface area is 123 Å². The van der Waals surface area contributed by atoms with Gasteiger partial charge in [-0.15, -0.1) is 11.3 Å². The fourth-order valence-corrected chi connectivity index (χ4v) is 2.98. The molecule has 0 unspecified atom stereocenters. The molecule has 0 atom stereocenters. The van der Waals surface area contributed by atoms with Crippen molar-refractivity contribution in [2.75, 3.05) is 0 Å². The van der Waals surface area contributed by atoms with Crippen molar-refractivity contribution in [1.29, 1.82) is 0 Å². The van der Waals surface area contributed by atoms with Gasteiger partial charge in [-0.3, -0.25) is 0 Å². The number of thiazole rings is 1. The van der Waals surface area contributed by atoms with E-state index in [1.54, 1.807) is 11.3 Å². The van der Waals surface area contributed by atoms with Gasteiger partial charge >= 0.3 is 0 Å². The predicted molar refractivity (Wildman–Crippen MR) is 83.1 cm³/mol. The lowest BCUT2D eigenvalue weighted by molar-refractivity contribution is 0.591. The summed E-state index contributed by atoms with van der Waals surface area (Å²) in [6.07, 6.45) is 0.879. The first-order valence-corrected chi connectivity index (χ1v) is 7.67. The molecule has 2 nitrogen and oxygen atoms in total. The van der Waals surface area contributed by atoms with Crippen molar-refractivity contribution in [2.24, 2.45) is 0 Å². The van der Waals surface area contributed by atoms with Crippen LogP contribution in [0.5, 0.6) is 0 Å². The molecule has 0 saturated carbocycles. The second kappa shape index (κ2) is 6.51. The van der Waals surface area contributed by atoms with Crippen LogP contribution in [0.25, 0.3) is 0 Å². The van der Waals surface area contributed by atoms with Gasteiger partial charge in [-0.25, -0.2) is 4.98 Å². The maximum Gasteiger partial charge on any atom is 0.0975 e. The van der Waals surface area contributed by atoms with E-state index in [0.717, 1.165) is 23.7 Å². The smallest absolute Gasteiger partial charge is 0.0975 e. The molecule has 0 aliphatic rings. The molecule has 4 heteroatoms. The van der Waals surface area contributed by atoms with Gasteiger partial charge in [0.15, 0.2) is 0 Å². The van der Waals surface area contributed by atoms with Crippen LogP contribution in [0.4, 0.5) is 0 Å². The first-order chi connectivity index (χ1) is 9.04. The number of halogens is 1. The topological polar surface area (TPSA) is 24.9 Å². The number of benzene rings is 1. The van der Waals surface area contributed by atoms with E-state index in [1.165, 1.54) is 15.4 Å². The molecule has 1 N–H and O–H groups in total. The van der Waals surface area contributed by atoms with Gasteiger partial charge in [0.25, 0.3) is 0 Å². The molecule has 102 valence electrons. The van der Waals surface area contributed by atoms with Crippen LogP contribution in [0.1, 0.15) is 35.0 Å². The van der Waals surface area contributed by atoms with E-state index in [2.05, 4.69) is 43.2 Å². The molecule has 0 aliphatic heterocycles. The third-order valence-corrected chi connectivity index (χ3v) is 4.29. The quantitative estimate of drug-likeness (QED) is 0.894. The standard InChI is InChI=1S/C15H19ClN2S/c1-10(2)17-9-14-11(3)18-15(19-14)8-12-4-6-13(16)7-5-12/h4-7,10,17H,8-9H2,1-3H3. The van der Waals surface area contributed by atoms with Gasteiger partial charge in [-0.2, -0.15) is 0 Å². The molecule has 1 aromatic carbocycles. The van der Waals surface area contributed by atoms with Crippen molar-refractivity contribution in [1.82, 2.24) is 10.3 Å². The maximum absolute atomic E-state index is 5.89. The van der Waals surface area contributed by atoms with E-state index in [1.807, 2.05) is 12.1 Å². The Morgan fingerprint density at radius 1 is 1.26 bits per heavy atom. The van der Waals surface area contributed by atoms with Crippen LogP contribution in [0.2, 0.25) is 5.02 Å². The lowest BCUT2D eigenvalue weighted by atomic mass is 10.2. The van der Waals surface area contributed by atoms with Gasteiger partial charge in [0.05, 0.1) is 10.7 Å². The largest absolute Gasteiger partial charge is 0.310 e. The fraction of sp³-hybridized carbons (Fsp3) is 0.400. The summed E-state index contributed by atoms with van der Waals surface area (Å²) < 4.78 is 0. The molecule has 1 aromatic heterocycles. The van der Waals surface area contributed by atoms with Gasteiger partial charge in [-0.1, -0.05) is 37.6 Å². The van der Waals surface area contributed by atoms with E-state index >= 15 is 0 Å². The average Bonchev–Trinajstić information content (AvgIpc) is 2.70. The zero-order valence-electron chi connectivity index (χ0n) is 11.5. The highest BCUT2D eigenvalue weighted by molar-refractivity contribution is 7.11. The molecule has 2 aromatic rings. The summed E-state index contributed by atoms with van der Waals surface area (Å²) in [5.74, 6) is 0. The first-order valence-electron chi connectivity index (χ1n) is 6.47. The molecule has 0 saturated heterocycles. The van der Waals surface area contributed by atoms with Crippen molar-refractivity contribution in [3.05, 3.63) is 50.4 Å². The summed E-state index contributed by atoms with van der Waals surface area (Å²) in [6.45, 7) is 7.30. The normalized spacial score (nSPS) is 11.2. The van der Waals surface area contributed by atoms with Crippen LogP contribution >= 0.6 is 22.9 Å². The van der Waals surface area contributed by atoms with Crippen LogP contribution in [-0.2, 0) is 13.0 Å². The maximum atomic E-state index is 5.89. The van der Waals surface area contributed by atoms with Crippen LogP contribution in [0, 0.1) is 6.92 Å². The molecule has 0 aliphatic carbocycles. The number of aromatic nitrogens is 1. The summed E-state index contributed by atoms with van der Waals surface area (Å²) in [5, 5.41) is 5.39. The molecule has 19 heavy (non-hydrogen) atoms. The highest BCUT2D eigenvalue weighted by Crippen LogP contribution is 2.21. The van der Waals surface area contributed by atoms with Crippen molar-refractivity contribution >= 4 is 22.9 Å². The van der Waals surface area contributed by atoms with E-state index < -0.39 is 0 Å². The van der Waals surface area contributed by atoms with Gasteiger partial charge < -0.3 is 5.32 Å². The Morgan fingerprint density at radius 3 is 2.58 bits per heavy atom. The van der Waals surface area contributed by atoms with Crippen LogP contribution in [-0.4, -0.2) is 11.0 Å². The number of nitrogens with one attached hydrogen (secondary N) is 1. The zero-order valence-corrected chi connectivity index (χ0v) is 13.1. The molecule has 0 radical (unpaired) electrons. The minimum atomic E-state index is 0.501. The number of hydrogen-bond acceptors (Lipinski definition) is 3. The third-order valence-electron chi connectivity index (χ3n) is 2.88. The Hall–Kier alpha value is -0.900. The monoisotopic (exact) mass is 294 g/mol. The van der Waals surface area contributed by atoms with E-state index in [-0.39, 0.29) is 0 Å². The molecule has 0 spiro atoms. The lowest BCUT2D eigenvalue weighted by Gasteiger charge is -2.05. The summed E-state index contributed by atoms with van der Waals surface area (Å²) >= 11 is 7.69. The Bertz CT molecular complexity index is 532. The van der Waals surface area contributed by atoms with Crippen LogP contribution in [0.3, 0.4) is 0 Å². The number of hydrogen-bond donors (Lipinski definition) is 1. The summed E-state index contributed by atoms with van der Waals surface area (Å²) in [4.78, 5) is 5.98. The van der Waals surface area contributed by atoms with Crippen LogP contribution in [0.15, 0.2) is 24.3 Å². The second-order valence-corrected chi connectivity index (χ2v) is 6.56. The number of rotatable bonds is 5. The summed E-state index contributed by atoms with van der Waals surface area (Å²) in [5.41, 5.74) is 2.39. The lowest BCUT2D eigenvalue weighted by Crippen LogP contribution is -2.21. The summed E-state index contributed by atoms with van der Waals surface area (Å²) in [7, 11) is 0. The van der Waals surface area contributed by atoms with Crippen molar-refractivity contribution in [3.63, 3.8) is 0 Å². The minimum absolute atomic E-state index is 0.501. The highest BCUT2D eigenvalue weighted by Gasteiger charge is 2.08. The Morgan fingerprint density at radius 2 is 1.95 bits per heavy atom. The Kier molecular flexibility index (Phi) is 4.97. The van der Waals surface area contributed by atoms with Gasteiger partial charge in [-0.05, 0) is 24.6 Å². The molecular formula is C15H19ClN2S. The molecule has 0 amide bonds. The van der Waals surface area contributed by atoms with Gasteiger partial charge in [0, 0.05) is 28.9 Å². The van der Waals surface area contributed by atoms with Crippen LogP contribution < -0.4 is 5.32 Å². The van der Waals surface area contributed by atoms with E-state index in [9.17, 15) is 0 Å². The van der Waals surface area contributed by atoms with Crippen molar-refractivity contribution in [3.8, 4) is 0 Å². The van der Waals surface area contributed by atoms with E-state index in [0.29, 0.717) is 6.04 Å². The third kappa shape index (κ3) is 4.30. The van der Waals surface area contributed by atoms with Crippen molar-refractivity contribution in [2.45, 2.75) is 39.8 Å². The average molecular weight is 295 g/mol. The minimum Gasteiger partial charge on any atom is -0.310 e. The predicted octanol–water partition coefficient (Wildman–Crippen LogP) is 4.19. The van der Waals surface area contributed by atoms with Gasteiger partial charge in [0.1, 0.15) is 0 Å². The molecule has 0 fully saturated rings. The fourth-order valence-electron chi connectivity index (χ4n) is 1.80. The first kappa shape index (κ1) is 14.5. The van der Waals surface area contributed by atoms with Crippen molar-refractivity contribution < 1.29 is 0 Å². The number of aryl methyl sites for hydroxylation is 1. The zero-order chi connectivity index (χ0) is 13.8. The SMILES string of the molecule is Cc1nc(Cc2ccc(Cl)cc2)sc1CNC(C)C. The second-order valence-electron chi connectivity index (χ2n) is 4.96. The summed E-state index contributed by atoms with van der Waals surface area (Å²) in [6, 6.07) is 8.48. The molecule has 1 heterocycles.